The number of aliphatic hydroxyl groups is 1. The van der Waals surface area contributed by atoms with Gasteiger partial charge in [0.25, 0.3) is 5.91 Å². The topological polar surface area (TPSA) is 62.7 Å². The molecule has 3 aromatic rings. The lowest BCUT2D eigenvalue weighted by molar-refractivity contribution is -0.144. The number of likely N-dealkylation sites (tertiary alicyclic amines) is 1. The van der Waals surface area contributed by atoms with Gasteiger partial charge in [0.1, 0.15) is 5.75 Å². The van der Waals surface area contributed by atoms with Crippen LogP contribution in [0, 0.1) is 12.8 Å². The quantitative estimate of drug-likeness (QED) is 0.703. The second kappa shape index (κ2) is 8.07. The minimum absolute atomic E-state index is 0.0190. The van der Waals surface area contributed by atoms with Crippen LogP contribution >= 0.6 is 0 Å². The van der Waals surface area contributed by atoms with Gasteiger partial charge in [-0.1, -0.05) is 30.3 Å². The van der Waals surface area contributed by atoms with Crippen LogP contribution in [0.4, 0.5) is 0 Å². The Kier molecular flexibility index (Phi) is 5.48. The number of pyridine rings is 1. The van der Waals surface area contributed by atoms with Crippen LogP contribution in [-0.4, -0.2) is 45.7 Å². The molecular formula is C25H28N2O3. The predicted molar refractivity (Wildman–Crippen MR) is 117 cm³/mol. The number of carbonyl (C=O) groups is 1. The van der Waals surface area contributed by atoms with Gasteiger partial charge < -0.3 is 14.7 Å². The molecule has 1 aliphatic rings. The van der Waals surface area contributed by atoms with E-state index < -0.39 is 11.7 Å². The molecule has 1 aromatic heterocycles. The Balaban J connectivity index is 1.47. The van der Waals surface area contributed by atoms with Crippen molar-refractivity contribution in [3.8, 4) is 5.75 Å². The summed E-state index contributed by atoms with van der Waals surface area (Å²) < 4.78 is 6.02. The van der Waals surface area contributed by atoms with Crippen molar-refractivity contribution in [3.05, 3.63) is 71.9 Å². The van der Waals surface area contributed by atoms with Crippen LogP contribution < -0.4 is 4.74 Å². The number of carbonyl (C=O) groups excluding carboxylic acids is 1. The lowest BCUT2D eigenvalue weighted by Gasteiger charge is -2.30. The first-order valence-corrected chi connectivity index (χ1v) is 10.4. The molecule has 1 aliphatic heterocycles. The van der Waals surface area contributed by atoms with Crippen LogP contribution in [0.5, 0.6) is 5.75 Å². The predicted octanol–water partition coefficient (Wildman–Crippen LogP) is 3.76. The van der Waals surface area contributed by atoms with E-state index in [0.717, 1.165) is 22.0 Å². The highest BCUT2D eigenvalue weighted by Gasteiger charge is 2.41. The first-order valence-electron chi connectivity index (χ1n) is 10.4. The van der Waals surface area contributed by atoms with Crippen LogP contribution in [-0.2, 0) is 11.2 Å². The highest BCUT2D eigenvalue weighted by atomic mass is 16.5. The highest BCUT2D eigenvalue weighted by molar-refractivity contribution is 5.85. The van der Waals surface area contributed by atoms with Crippen LogP contribution in [0.25, 0.3) is 10.9 Å². The average Bonchev–Trinajstić information content (AvgIpc) is 3.07. The van der Waals surface area contributed by atoms with Gasteiger partial charge in [-0.3, -0.25) is 9.78 Å². The summed E-state index contributed by atoms with van der Waals surface area (Å²) in [6.45, 7) is 6.40. The van der Waals surface area contributed by atoms with Gasteiger partial charge >= 0.3 is 0 Å². The monoisotopic (exact) mass is 404 g/mol. The molecule has 0 bridgehead atoms. The summed E-state index contributed by atoms with van der Waals surface area (Å²) in [5, 5.41) is 11.8. The third-order valence-corrected chi connectivity index (χ3v) is 5.79. The number of β-amino-alcohol motifs (C(OH)–C–C–N with tert-alkyl or cyclic N) is 1. The Hall–Kier alpha value is -2.92. The number of nitrogens with zero attached hydrogens (tertiary/aromatic N) is 2. The summed E-state index contributed by atoms with van der Waals surface area (Å²) in [6, 6.07) is 17.7. The summed E-state index contributed by atoms with van der Waals surface area (Å²) >= 11 is 0. The summed E-state index contributed by atoms with van der Waals surface area (Å²) in [5.74, 6) is 0.549. The molecule has 1 fully saturated rings. The maximum Gasteiger partial charge on any atom is 0.266 e. The molecule has 0 saturated carbocycles. The molecule has 2 aromatic carbocycles. The van der Waals surface area contributed by atoms with Crippen LogP contribution in [0.15, 0.2) is 60.8 Å². The van der Waals surface area contributed by atoms with Crippen molar-refractivity contribution in [2.24, 2.45) is 5.92 Å². The van der Waals surface area contributed by atoms with Crippen molar-refractivity contribution in [1.82, 2.24) is 9.88 Å². The van der Waals surface area contributed by atoms with Crippen molar-refractivity contribution in [2.75, 3.05) is 13.1 Å². The average molecular weight is 405 g/mol. The van der Waals surface area contributed by atoms with E-state index >= 15 is 0 Å². The zero-order chi connectivity index (χ0) is 21.3. The Bertz CT molecular complexity index is 1060. The fraction of sp³-hybridized carbons (Fsp3) is 0.360. The number of fused-ring (bicyclic) bond motifs is 1. The number of aliphatic hydroxyl groups excluding tert-OH is 1. The summed E-state index contributed by atoms with van der Waals surface area (Å²) in [6.07, 6.45) is 1.95. The standard InChI is InChI=1S/C25H28N2O3/c1-17-7-6-8-20(13-17)30-25(2,3)24(29)27-15-19(23(28)16-27)14-18-11-12-26-22-10-5-4-9-21(18)22/h4-13,19,23,28H,14-16H2,1-3H3/t19-,23-/m1/s1. The summed E-state index contributed by atoms with van der Waals surface area (Å²) in [7, 11) is 0. The van der Waals surface area contributed by atoms with E-state index in [-0.39, 0.29) is 11.8 Å². The maximum atomic E-state index is 13.2. The number of benzene rings is 2. The molecular weight excluding hydrogens is 376 g/mol. The number of para-hydroxylation sites is 1. The zero-order valence-corrected chi connectivity index (χ0v) is 17.7. The number of hydrogen-bond donors (Lipinski definition) is 1. The third kappa shape index (κ3) is 4.17. The van der Waals surface area contributed by atoms with Crippen LogP contribution in [0.1, 0.15) is 25.0 Å². The van der Waals surface area contributed by atoms with Crippen LogP contribution in [0.2, 0.25) is 0 Å². The highest BCUT2D eigenvalue weighted by Crippen LogP contribution is 2.28. The molecule has 2 heterocycles. The molecule has 2 atom stereocenters. The molecule has 4 rings (SSSR count). The van der Waals surface area contributed by atoms with E-state index in [1.54, 1.807) is 24.9 Å². The van der Waals surface area contributed by atoms with E-state index in [0.29, 0.717) is 25.3 Å². The number of rotatable bonds is 5. The molecule has 1 N–H and O–H groups in total. The molecule has 0 spiro atoms. The molecule has 0 aliphatic carbocycles. The van der Waals surface area contributed by atoms with Gasteiger partial charge in [-0.25, -0.2) is 0 Å². The first kappa shape index (κ1) is 20.4. The van der Waals surface area contributed by atoms with Gasteiger partial charge in [0, 0.05) is 30.6 Å². The lowest BCUT2D eigenvalue weighted by Crippen LogP contribution is -2.48. The second-order valence-electron chi connectivity index (χ2n) is 8.66. The Morgan fingerprint density at radius 3 is 2.77 bits per heavy atom. The number of amides is 1. The van der Waals surface area contributed by atoms with Crippen molar-refractivity contribution in [1.29, 1.82) is 0 Å². The molecule has 0 radical (unpaired) electrons. The van der Waals surface area contributed by atoms with E-state index in [9.17, 15) is 9.90 Å². The third-order valence-electron chi connectivity index (χ3n) is 5.79. The largest absolute Gasteiger partial charge is 0.478 e. The Labute approximate surface area is 177 Å². The molecule has 5 heteroatoms. The van der Waals surface area contributed by atoms with Crippen molar-refractivity contribution in [3.63, 3.8) is 0 Å². The normalized spacial score (nSPS) is 19.3. The van der Waals surface area contributed by atoms with Crippen LogP contribution in [0.3, 0.4) is 0 Å². The first-order chi connectivity index (χ1) is 14.3. The maximum absolute atomic E-state index is 13.2. The van der Waals surface area contributed by atoms with E-state index in [2.05, 4.69) is 11.1 Å². The van der Waals surface area contributed by atoms with Crippen molar-refractivity contribution >= 4 is 16.8 Å². The molecule has 156 valence electrons. The molecule has 1 amide bonds. The van der Waals surface area contributed by atoms with Gasteiger partial charge in [0.05, 0.1) is 11.6 Å². The summed E-state index contributed by atoms with van der Waals surface area (Å²) in [4.78, 5) is 19.3. The Morgan fingerprint density at radius 1 is 1.17 bits per heavy atom. The molecule has 30 heavy (non-hydrogen) atoms. The number of aromatic nitrogens is 1. The Morgan fingerprint density at radius 2 is 1.97 bits per heavy atom. The van der Waals surface area contributed by atoms with E-state index in [1.807, 2.05) is 55.5 Å². The van der Waals surface area contributed by atoms with E-state index in [4.69, 9.17) is 4.74 Å². The fourth-order valence-corrected chi connectivity index (χ4v) is 4.23. The molecule has 0 unspecified atom stereocenters. The number of hydrogen-bond acceptors (Lipinski definition) is 4. The minimum Gasteiger partial charge on any atom is -0.478 e. The van der Waals surface area contributed by atoms with Gasteiger partial charge in [-0.15, -0.1) is 0 Å². The fourth-order valence-electron chi connectivity index (χ4n) is 4.23. The van der Waals surface area contributed by atoms with Crippen molar-refractivity contribution < 1.29 is 14.6 Å². The van der Waals surface area contributed by atoms with Gasteiger partial charge in [-0.2, -0.15) is 0 Å². The minimum atomic E-state index is -1.01. The van der Waals surface area contributed by atoms with Gasteiger partial charge in [-0.05, 0) is 62.6 Å². The molecule has 1 saturated heterocycles. The SMILES string of the molecule is Cc1cccc(OC(C)(C)C(=O)N2C[C@@H](Cc3ccnc4ccccc34)[C@H](O)C2)c1. The summed E-state index contributed by atoms with van der Waals surface area (Å²) in [5.41, 5.74) is 2.17. The van der Waals surface area contributed by atoms with Crippen molar-refractivity contribution in [2.45, 2.75) is 38.9 Å². The van der Waals surface area contributed by atoms with E-state index in [1.165, 1.54) is 0 Å². The number of aryl methyl sites for hydroxylation is 1. The second-order valence-corrected chi connectivity index (χ2v) is 8.66. The smallest absolute Gasteiger partial charge is 0.266 e. The van der Waals surface area contributed by atoms with Gasteiger partial charge in [0.2, 0.25) is 0 Å². The van der Waals surface area contributed by atoms with Gasteiger partial charge in [0.15, 0.2) is 5.60 Å². The lowest BCUT2D eigenvalue weighted by atomic mass is 9.94. The molecule has 5 nitrogen and oxygen atoms in total. The zero-order valence-electron chi connectivity index (χ0n) is 17.7. The number of ether oxygens (including phenoxy) is 1.